The summed E-state index contributed by atoms with van der Waals surface area (Å²) in [5.74, 6) is 0.348. The van der Waals surface area contributed by atoms with Crippen molar-refractivity contribution in [3.8, 4) is 0 Å². The van der Waals surface area contributed by atoms with E-state index in [0.29, 0.717) is 44.4 Å². The number of hydrogen-bond donors (Lipinski definition) is 1. The molecular weight excluding hydrogens is 276 g/mol. The Morgan fingerprint density at radius 2 is 2.14 bits per heavy atom. The second-order valence-corrected chi connectivity index (χ2v) is 5.15. The highest BCUT2D eigenvalue weighted by Gasteiger charge is 2.39. The molecule has 1 fully saturated rings. The molecule has 7 nitrogen and oxygen atoms in total. The van der Waals surface area contributed by atoms with E-state index < -0.39 is 11.6 Å². The smallest absolute Gasteiger partial charge is 0.303 e. The molecule has 0 saturated carbocycles. The highest BCUT2D eigenvalue weighted by molar-refractivity contribution is 5.66. The van der Waals surface area contributed by atoms with Gasteiger partial charge in [0.1, 0.15) is 5.60 Å². The Bertz CT molecular complexity index is 448. The van der Waals surface area contributed by atoms with Crippen molar-refractivity contribution in [2.75, 3.05) is 19.8 Å². The summed E-state index contributed by atoms with van der Waals surface area (Å²) in [6.07, 6.45) is 3.54. The van der Waals surface area contributed by atoms with Gasteiger partial charge in [-0.1, -0.05) is 5.16 Å². The third-order valence-corrected chi connectivity index (χ3v) is 3.63. The molecule has 1 aliphatic rings. The fourth-order valence-corrected chi connectivity index (χ4v) is 2.50. The summed E-state index contributed by atoms with van der Waals surface area (Å²) in [6, 6.07) is 0. The maximum Gasteiger partial charge on any atom is 0.303 e. The molecule has 1 saturated heterocycles. The Hall–Kier alpha value is -1.47. The van der Waals surface area contributed by atoms with Gasteiger partial charge in [0, 0.05) is 45.5 Å². The minimum absolute atomic E-state index is 0.168. The molecular formula is C14H22N2O5. The molecule has 0 aliphatic carbocycles. The van der Waals surface area contributed by atoms with Crippen molar-refractivity contribution in [1.82, 2.24) is 10.1 Å². The monoisotopic (exact) mass is 298 g/mol. The van der Waals surface area contributed by atoms with Crippen LogP contribution in [0.5, 0.6) is 0 Å². The minimum atomic E-state index is -0.779. The molecule has 7 heteroatoms. The molecule has 0 radical (unpaired) electrons. The first-order chi connectivity index (χ1) is 10.2. The van der Waals surface area contributed by atoms with Crippen LogP contribution in [0.15, 0.2) is 4.52 Å². The molecule has 0 aromatic carbocycles. The first kappa shape index (κ1) is 15.9. The standard InChI is InChI=1S/C14H22N2O5/c1-2-20-14(7-9-19-10-8-14)13-15-11(21-16-13)5-3-4-6-12(17)18/h2-10H2,1H3,(H,17,18). The third-order valence-electron chi connectivity index (χ3n) is 3.63. The number of rotatable bonds is 8. The van der Waals surface area contributed by atoms with Crippen LogP contribution in [0, 0.1) is 0 Å². The quantitative estimate of drug-likeness (QED) is 0.732. The molecule has 2 rings (SSSR count). The van der Waals surface area contributed by atoms with Gasteiger partial charge in [-0.3, -0.25) is 4.79 Å². The lowest BCUT2D eigenvalue weighted by Gasteiger charge is -2.33. The number of aromatic nitrogens is 2. The van der Waals surface area contributed by atoms with Crippen molar-refractivity contribution in [3.63, 3.8) is 0 Å². The van der Waals surface area contributed by atoms with E-state index in [1.165, 1.54) is 0 Å². The fraction of sp³-hybridized carbons (Fsp3) is 0.786. The van der Waals surface area contributed by atoms with Crippen LogP contribution < -0.4 is 0 Å². The van der Waals surface area contributed by atoms with Gasteiger partial charge in [0.15, 0.2) is 0 Å². The molecule has 0 atom stereocenters. The normalized spacial score (nSPS) is 17.8. The lowest BCUT2D eigenvalue weighted by molar-refractivity contribution is -0.137. The Kier molecular flexibility index (Phi) is 5.69. The molecule has 1 aromatic heterocycles. The molecule has 1 aliphatic heterocycles. The Labute approximate surface area is 123 Å². The third kappa shape index (κ3) is 4.25. The maximum atomic E-state index is 10.5. The van der Waals surface area contributed by atoms with Crippen molar-refractivity contribution >= 4 is 5.97 Å². The first-order valence-corrected chi connectivity index (χ1v) is 7.43. The van der Waals surface area contributed by atoms with Crippen molar-refractivity contribution in [1.29, 1.82) is 0 Å². The number of nitrogens with zero attached hydrogens (tertiary/aromatic N) is 2. The summed E-state index contributed by atoms with van der Waals surface area (Å²) in [4.78, 5) is 14.9. The van der Waals surface area contributed by atoms with Crippen molar-refractivity contribution in [2.24, 2.45) is 0 Å². The van der Waals surface area contributed by atoms with Gasteiger partial charge in [0.25, 0.3) is 0 Å². The van der Waals surface area contributed by atoms with Crippen molar-refractivity contribution in [3.05, 3.63) is 11.7 Å². The summed E-state index contributed by atoms with van der Waals surface area (Å²) in [6.45, 7) is 3.79. The lowest BCUT2D eigenvalue weighted by atomic mass is 9.93. The zero-order valence-electron chi connectivity index (χ0n) is 12.3. The number of carbonyl (C=O) groups is 1. The van der Waals surface area contributed by atoms with Crippen molar-refractivity contribution < 1.29 is 23.9 Å². The molecule has 1 N–H and O–H groups in total. The van der Waals surface area contributed by atoms with E-state index in [1.807, 2.05) is 6.92 Å². The Balaban J connectivity index is 1.95. The van der Waals surface area contributed by atoms with E-state index in [4.69, 9.17) is 19.1 Å². The summed E-state index contributed by atoms with van der Waals surface area (Å²) < 4.78 is 16.5. The Morgan fingerprint density at radius 3 is 2.81 bits per heavy atom. The zero-order chi connectivity index (χ0) is 15.1. The number of carboxylic acid groups (broad SMARTS) is 1. The average Bonchev–Trinajstić information content (AvgIpc) is 2.94. The summed E-state index contributed by atoms with van der Waals surface area (Å²) in [5, 5.41) is 12.7. The van der Waals surface area contributed by atoms with Gasteiger partial charge in [-0.05, 0) is 19.8 Å². The van der Waals surface area contributed by atoms with Crippen LogP contribution in [-0.4, -0.2) is 41.0 Å². The SMILES string of the molecule is CCOC1(c2noc(CCCCC(=O)O)n2)CCOCC1. The number of unbranched alkanes of at least 4 members (excludes halogenated alkanes) is 1. The zero-order valence-corrected chi connectivity index (χ0v) is 12.3. The van der Waals surface area contributed by atoms with Crippen LogP contribution in [0.25, 0.3) is 0 Å². The number of ether oxygens (including phenoxy) is 2. The van der Waals surface area contributed by atoms with E-state index in [0.717, 1.165) is 19.3 Å². The Morgan fingerprint density at radius 1 is 1.38 bits per heavy atom. The second kappa shape index (κ2) is 7.51. The highest BCUT2D eigenvalue weighted by atomic mass is 16.5. The lowest BCUT2D eigenvalue weighted by Crippen LogP contribution is -2.37. The predicted octanol–water partition coefficient (Wildman–Crippen LogP) is 1.91. The van der Waals surface area contributed by atoms with Gasteiger partial charge in [0.05, 0.1) is 0 Å². The summed E-state index contributed by atoms with van der Waals surface area (Å²) in [5.41, 5.74) is -0.504. The van der Waals surface area contributed by atoms with Crippen LogP contribution in [0.2, 0.25) is 0 Å². The maximum absolute atomic E-state index is 10.5. The van der Waals surface area contributed by atoms with Crippen LogP contribution >= 0.6 is 0 Å². The molecule has 1 aromatic rings. The van der Waals surface area contributed by atoms with E-state index in [9.17, 15) is 4.79 Å². The van der Waals surface area contributed by atoms with Crippen molar-refractivity contribution in [2.45, 2.75) is 51.0 Å². The molecule has 0 bridgehead atoms. The van der Waals surface area contributed by atoms with E-state index >= 15 is 0 Å². The van der Waals surface area contributed by atoms with E-state index in [-0.39, 0.29) is 6.42 Å². The molecule has 118 valence electrons. The summed E-state index contributed by atoms with van der Waals surface area (Å²) >= 11 is 0. The van der Waals surface area contributed by atoms with Gasteiger partial charge in [-0.25, -0.2) is 0 Å². The predicted molar refractivity (Wildman–Crippen MR) is 72.8 cm³/mol. The molecule has 0 spiro atoms. The molecule has 2 heterocycles. The van der Waals surface area contributed by atoms with Gasteiger partial charge < -0.3 is 19.1 Å². The number of carboxylic acids is 1. The number of hydrogen-bond acceptors (Lipinski definition) is 6. The second-order valence-electron chi connectivity index (χ2n) is 5.15. The molecule has 21 heavy (non-hydrogen) atoms. The van der Waals surface area contributed by atoms with Crippen LogP contribution in [-0.2, 0) is 26.3 Å². The molecule has 0 amide bonds. The van der Waals surface area contributed by atoms with Crippen LogP contribution in [0.1, 0.15) is 50.7 Å². The van der Waals surface area contributed by atoms with Gasteiger partial charge in [-0.15, -0.1) is 0 Å². The van der Waals surface area contributed by atoms with E-state index in [1.54, 1.807) is 0 Å². The van der Waals surface area contributed by atoms with Gasteiger partial charge in [0.2, 0.25) is 11.7 Å². The van der Waals surface area contributed by atoms with Crippen LogP contribution in [0.3, 0.4) is 0 Å². The van der Waals surface area contributed by atoms with Gasteiger partial charge >= 0.3 is 5.97 Å². The fourth-order valence-electron chi connectivity index (χ4n) is 2.50. The number of aliphatic carboxylic acids is 1. The summed E-state index contributed by atoms with van der Waals surface area (Å²) in [7, 11) is 0. The highest BCUT2D eigenvalue weighted by Crippen LogP contribution is 2.34. The average molecular weight is 298 g/mol. The largest absolute Gasteiger partial charge is 0.481 e. The topological polar surface area (TPSA) is 94.7 Å². The van der Waals surface area contributed by atoms with Gasteiger partial charge in [-0.2, -0.15) is 4.98 Å². The molecule has 0 unspecified atom stereocenters. The number of aryl methyl sites for hydroxylation is 1. The minimum Gasteiger partial charge on any atom is -0.481 e. The van der Waals surface area contributed by atoms with E-state index in [2.05, 4.69) is 10.1 Å². The van der Waals surface area contributed by atoms with Crippen LogP contribution in [0.4, 0.5) is 0 Å². The first-order valence-electron chi connectivity index (χ1n) is 7.43.